The average molecular weight is 424 g/mol. The molecule has 0 radical (unpaired) electrons. The van der Waals surface area contributed by atoms with E-state index in [2.05, 4.69) is 28.2 Å². The molecule has 0 spiro atoms. The van der Waals surface area contributed by atoms with Crippen LogP contribution in [-0.2, 0) is 6.54 Å². The number of fused-ring (bicyclic) bond motifs is 1. The first-order valence-electron chi connectivity index (χ1n) is 10.6. The molecule has 1 N–H and O–H groups in total. The van der Waals surface area contributed by atoms with E-state index < -0.39 is 6.10 Å². The highest BCUT2D eigenvalue weighted by Gasteiger charge is 2.42. The average Bonchev–Trinajstić information content (AvgIpc) is 3.35. The lowest BCUT2D eigenvalue weighted by Crippen LogP contribution is -2.42. The van der Waals surface area contributed by atoms with Gasteiger partial charge in [0.1, 0.15) is 11.9 Å². The van der Waals surface area contributed by atoms with Crippen molar-refractivity contribution in [3.05, 3.63) is 77.6 Å². The van der Waals surface area contributed by atoms with E-state index >= 15 is 0 Å². The third-order valence-electron chi connectivity index (χ3n) is 6.35. The van der Waals surface area contributed by atoms with Crippen LogP contribution in [-0.4, -0.2) is 45.1 Å². The number of likely N-dealkylation sites (tertiary alicyclic amines) is 1. The number of ether oxygens (including phenoxy) is 1. The highest BCUT2D eigenvalue weighted by molar-refractivity contribution is 6.30. The molecule has 4 atom stereocenters. The summed E-state index contributed by atoms with van der Waals surface area (Å²) in [6.45, 7) is 2.89. The minimum Gasteiger partial charge on any atom is -0.488 e. The van der Waals surface area contributed by atoms with Gasteiger partial charge < -0.3 is 9.84 Å². The summed E-state index contributed by atoms with van der Waals surface area (Å²) >= 11 is 6.08. The van der Waals surface area contributed by atoms with Crippen molar-refractivity contribution in [2.75, 3.05) is 13.1 Å². The van der Waals surface area contributed by atoms with Gasteiger partial charge in [0.05, 0.1) is 17.5 Å². The summed E-state index contributed by atoms with van der Waals surface area (Å²) in [5.74, 6) is 1.77. The maximum Gasteiger partial charge on any atom is 0.125 e. The van der Waals surface area contributed by atoms with Gasteiger partial charge in [0, 0.05) is 30.9 Å². The molecule has 2 aromatic carbocycles. The van der Waals surface area contributed by atoms with Crippen molar-refractivity contribution >= 4 is 11.6 Å². The van der Waals surface area contributed by atoms with Gasteiger partial charge in [-0.3, -0.25) is 4.90 Å². The van der Waals surface area contributed by atoms with Crippen molar-refractivity contribution in [2.45, 2.75) is 31.6 Å². The fourth-order valence-corrected chi connectivity index (χ4v) is 5.12. The van der Waals surface area contributed by atoms with Crippen LogP contribution >= 0.6 is 11.6 Å². The normalized spacial score (nSPS) is 26.5. The van der Waals surface area contributed by atoms with E-state index in [1.807, 2.05) is 53.3 Å². The van der Waals surface area contributed by atoms with Crippen LogP contribution in [0, 0.1) is 11.8 Å². The fraction of sp³-hybridized carbons (Fsp3) is 0.375. The third kappa shape index (κ3) is 4.10. The molecule has 1 saturated heterocycles. The molecule has 2 aliphatic rings. The molecule has 1 saturated carbocycles. The van der Waals surface area contributed by atoms with Gasteiger partial charge in [-0.25, -0.2) is 4.68 Å². The maximum atomic E-state index is 10.7. The lowest BCUT2D eigenvalue weighted by atomic mass is 9.78. The number of aliphatic hydroxyl groups is 1. The highest BCUT2D eigenvalue weighted by atomic mass is 35.5. The smallest absolute Gasteiger partial charge is 0.125 e. The molecule has 5 rings (SSSR count). The molecular weight excluding hydrogens is 398 g/mol. The Balaban J connectivity index is 1.24. The van der Waals surface area contributed by atoms with Crippen LogP contribution in [0.2, 0.25) is 5.02 Å². The number of hydrogen-bond donors (Lipinski definition) is 1. The summed E-state index contributed by atoms with van der Waals surface area (Å²) in [6, 6.07) is 19.8. The van der Waals surface area contributed by atoms with E-state index in [0.717, 1.165) is 43.9 Å². The predicted octanol–water partition coefficient (Wildman–Crippen LogP) is 4.18. The SMILES string of the molecule is O[C@@H]1C[C@H]2CN(Cc3ccnn3-c3ccccc3)C[C@H]2C[C@H]1Oc1cccc(Cl)c1. The molecule has 0 bridgehead atoms. The number of para-hydroxylation sites is 1. The number of rotatable bonds is 5. The Morgan fingerprint density at radius 1 is 1.00 bits per heavy atom. The molecule has 1 aliphatic heterocycles. The van der Waals surface area contributed by atoms with E-state index in [1.54, 1.807) is 0 Å². The Labute approximate surface area is 181 Å². The summed E-state index contributed by atoms with van der Waals surface area (Å²) in [7, 11) is 0. The number of aliphatic hydroxyl groups excluding tert-OH is 1. The van der Waals surface area contributed by atoms with E-state index in [-0.39, 0.29) is 6.10 Å². The van der Waals surface area contributed by atoms with Gasteiger partial charge in [-0.15, -0.1) is 0 Å². The van der Waals surface area contributed by atoms with Crippen molar-refractivity contribution in [1.29, 1.82) is 0 Å². The fourth-order valence-electron chi connectivity index (χ4n) is 4.94. The number of halogens is 1. The molecule has 2 heterocycles. The molecule has 3 aromatic rings. The number of aromatic nitrogens is 2. The van der Waals surface area contributed by atoms with Gasteiger partial charge in [-0.1, -0.05) is 35.9 Å². The molecule has 1 aromatic heterocycles. The first kappa shape index (κ1) is 19.6. The zero-order valence-corrected chi connectivity index (χ0v) is 17.5. The second-order valence-electron chi connectivity index (χ2n) is 8.44. The third-order valence-corrected chi connectivity index (χ3v) is 6.59. The van der Waals surface area contributed by atoms with Gasteiger partial charge in [-0.2, -0.15) is 5.10 Å². The lowest BCUT2D eigenvalue weighted by molar-refractivity contribution is -0.0231. The van der Waals surface area contributed by atoms with Crippen LogP contribution in [0.5, 0.6) is 5.75 Å². The highest BCUT2D eigenvalue weighted by Crippen LogP contribution is 2.38. The monoisotopic (exact) mass is 423 g/mol. The summed E-state index contributed by atoms with van der Waals surface area (Å²) < 4.78 is 8.12. The minimum atomic E-state index is -0.444. The van der Waals surface area contributed by atoms with Crippen molar-refractivity contribution in [2.24, 2.45) is 11.8 Å². The number of hydrogen-bond acceptors (Lipinski definition) is 4. The zero-order chi connectivity index (χ0) is 20.5. The van der Waals surface area contributed by atoms with Gasteiger partial charge in [0.15, 0.2) is 0 Å². The Bertz CT molecular complexity index is 993. The van der Waals surface area contributed by atoms with Gasteiger partial charge in [-0.05, 0) is 61.1 Å². The summed E-state index contributed by atoms with van der Waals surface area (Å²) in [4.78, 5) is 2.49. The second kappa shape index (κ2) is 8.42. The van der Waals surface area contributed by atoms with Gasteiger partial charge >= 0.3 is 0 Å². The minimum absolute atomic E-state index is 0.181. The molecule has 2 fully saturated rings. The molecular formula is C24H26ClN3O2. The Morgan fingerprint density at radius 3 is 2.60 bits per heavy atom. The largest absolute Gasteiger partial charge is 0.488 e. The van der Waals surface area contributed by atoms with Crippen molar-refractivity contribution in [3.63, 3.8) is 0 Å². The number of benzene rings is 2. The van der Waals surface area contributed by atoms with Crippen LogP contribution in [0.15, 0.2) is 66.9 Å². The van der Waals surface area contributed by atoms with Gasteiger partial charge in [0.25, 0.3) is 0 Å². The molecule has 30 heavy (non-hydrogen) atoms. The molecule has 1 aliphatic carbocycles. The van der Waals surface area contributed by atoms with Crippen molar-refractivity contribution in [3.8, 4) is 11.4 Å². The molecule has 156 valence electrons. The molecule has 0 amide bonds. The molecule has 0 unspecified atom stereocenters. The first-order valence-corrected chi connectivity index (χ1v) is 10.9. The van der Waals surface area contributed by atoms with Crippen molar-refractivity contribution < 1.29 is 9.84 Å². The zero-order valence-electron chi connectivity index (χ0n) is 16.8. The van der Waals surface area contributed by atoms with Crippen LogP contribution in [0.1, 0.15) is 18.5 Å². The standard InChI is InChI=1S/C24H26ClN3O2/c25-19-5-4-8-22(13-19)30-24-12-18-15-27(14-17(18)11-23(24)29)16-21-9-10-26-28(21)20-6-2-1-3-7-20/h1-10,13,17-18,23-24,29H,11-12,14-16H2/t17-,18+,23+,24+/m0/s1. The number of nitrogens with zero attached hydrogens (tertiary/aromatic N) is 3. The van der Waals surface area contributed by atoms with Gasteiger partial charge in [0.2, 0.25) is 0 Å². The summed E-state index contributed by atoms with van der Waals surface area (Å²) in [5.41, 5.74) is 2.27. The van der Waals surface area contributed by atoms with Crippen LogP contribution in [0.4, 0.5) is 0 Å². The van der Waals surface area contributed by atoms with E-state index in [4.69, 9.17) is 16.3 Å². The van der Waals surface area contributed by atoms with Crippen LogP contribution in [0.25, 0.3) is 5.69 Å². The Morgan fingerprint density at radius 2 is 1.80 bits per heavy atom. The lowest BCUT2D eigenvalue weighted by Gasteiger charge is -2.35. The Kier molecular flexibility index (Phi) is 5.50. The van der Waals surface area contributed by atoms with Crippen molar-refractivity contribution in [1.82, 2.24) is 14.7 Å². The molecule has 6 heteroatoms. The second-order valence-corrected chi connectivity index (χ2v) is 8.87. The summed E-state index contributed by atoms with van der Waals surface area (Å²) in [5, 5.41) is 15.9. The van der Waals surface area contributed by atoms with E-state index in [1.165, 1.54) is 5.69 Å². The van der Waals surface area contributed by atoms with E-state index in [0.29, 0.717) is 16.9 Å². The topological polar surface area (TPSA) is 50.5 Å². The quantitative estimate of drug-likeness (QED) is 0.669. The van der Waals surface area contributed by atoms with Crippen LogP contribution in [0.3, 0.4) is 0 Å². The Hall–Kier alpha value is -2.34. The molecule has 5 nitrogen and oxygen atoms in total. The first-order chi connectivity index (χ1) is 14.7. The predicted molar refractivity (Wildman–Crippen MR) is 117 cm³/mol. The summed E-state index contributed by atoms with van der Waals surface area (Å²) in [6.07, 6.45) is 2.89. The van der Waals surface area contributed by atoms with E-state index in [9.17, 15) is 5.11 Å². The van der Waals surface area contributed by atoms with Crippen LogP contribution < -0.4 is 4.74 Å². The maximum absolute atomic E-state index is 10.7.